The van der Waals surface area contributed by atoms with Crippen LogP contribution in [0.3, 0.4) is 0 Å². The highest BCUT2D eigenvalue weighted by atomic mass is 16.3. The summed E-state index contributed by atoms with van der Waals surface area (Å²) in [5, 5.41) is 9.33. The number of fused-ring (bicyclic) bond motifs is 11. The molecule has 0 fully saturated rings. The van der Waals surface area contributed by atoms with Crippen molar-refractivity contribution in [3.8, 4) is 22.4 Å². The molecule has 0 aliphatic heterocycles. The van der Waals surface area contributed by atoms with Gasteiger partial charge in [0.1, 0.15) is 11.2 Å². The molecule has 0 radical (unpaired) electrons. The first-order valence-corrected chi connectivity index (χ1v) is 14.7. The number of furan rings is 1. The molecule has 0 saturated heterocycles. The molecule has 0 unspecified atom stereocenters. The molecular formula is C40H26N2O. The minimum atomic E-state index is 0.842. The summed E-state index contributed by atoms with van der Waals surface area (Å²) in [6, 6.07) is 40.8. The van der Waals surface area contributed by atoms with Crippen LogP contribution in [0.2, 0.25) is 0 Å². The van der Waals surface area contributed by atoms with E-state index in [1.165, 1.54) is 32.7 Å². The molecule has 3 heteroatoms. The van der Waals surface area contributed by atoms with Crippen LogP contribution < -0.4 is 0 Å². The first-order valence-electron chi connectivity index (χ1n) is 14.7. The molecule has 2 aromatic heterocycles. The van der Waals surface area contributed by atoms with E-state index in [1.54, 1.807) is 0 Å². The molecule has 202 valence electrons. The van der Waals surface area contributed by atoms with Crippen molar-refractivity contribution >= 4 is 65.3 Å². The second-order valence-electron chi connectivity index (χ2n) is 11.5. The average Bonchev–Trinajstić information content (AvgIpc) is 3.44. The Morgan fingerprint density at radius 1 is 0.512 bits per heavy atom. The van der Waals surface area contributed by atoms with Gasteiger partial charge in [0.15, 0.2) is 0 Å². The third kappa shape index (κ3) is 3.55. The third-order valence-corrected chi connectivity index (χ3v) is 8.79. The van der Waals surface area contributed by atoms with Crippen molar-refractivity contribution in [2.45, 2.75) is 13.8 Å². The molecule has 0 amide bonds. The van der Waals surface area contributed by atoms with E-state index >= 15 is 0 Å². The van der Waals surface area contributed by atoms with Crippen LogP contribution in [-0.2, 0) is 0 Å². The molecule has 7 aromatic carbocycles. The Kier molecular flexibility index (Phi) is 5.03. The van der Waals surface area contributed by atoms with E-state index in [9.17, 15) is 0 Å². The molecular weight excluding hydrogens is 524 g/mol. The number of aryl methyl sites for hydroxylation is 2. The molecule has 2 heterocycles. The number of hydrogen-bond donors (Lipinski definition) is 0. The van der Waals surface area contributed by atoms with E-state index in [4.69, 9.17) is 14.4 Å². The van der Waals surface area contributed by atoms with E-state index in [-0.39, 0.29) is 0 Å². The first-order chi connectivity index (χ1) is 21.1. The van der Waals surface area contributed by atoms with Crippen LogP contribution in [0.4, 0.5) is 0 Å². The van der Waals surface area contributed by atoms with E-state index < -0.39 is 0 Å². The Morgan fingerprint density at radius 2 is 1.16 bits per heavy atom. The maximum atomic E-state index is 6.60. The summed E-state index contributed by atoms with van der Waals surface area (Å²) in [6.45, 7) is 4.29. The van der Waals surface area contributed by atoms with Gasteiger partial charge < -0.3 is 4.42 Å². The highest BCUT2D eigenvalue weighted by molar-refractivity contribution is 6.24. The number of rotatable bonds is 2. The Labute approximate surface area is 248 Å². The van der Waals surface area contributed by atoms with Gasteiger partial charge in [-0.15, -0.1) is 0 Å². The van der Waals surface area contributed by atoms with Gasteiger partial charge >= 0.3 is 0 Å². The molecule has 0 aliphatic rings. The standard InChI is InChI=1S/C40H26N2O/c1-23-15-17-29-32(19-23)33-20-24(2)16-18-30(33)39-38(29)41-22-35(42-39)28-12-6-5-11-27(28)34-21-25-9-3-4-10-26(25)37-31-13-7-8-14-36(31)43-40(34)37/h3-22H,1-2H3. The fourth-order valence-electron chi connectivity index (χ4n) is 6.79. The number of para-hydroxylation sites is 1. The molecule has 43 heavy (non-hydrogen) atoms. The van der Waals surface area contributed by atoms with Crippen LogP contribution in [0, 0.1) is 13.8 Å². The molecule has 0 bridgehead atoms. The lowest BCUT2D eigenvalue weighted by Gasteiger charge is -2.14. The predicted molar refractivity (Wildman–Crippen MR) is 180 cm³/mol. The van der Waals surface area contributed by atoms with Crippen LogP contribution in [-0.4, -0.2) is 9.97 Å². The van der Waals surface area contributed by atoms with Crippen LogP contribution in [0.1, 0.15) is 11.1 Å². The van der Waals surface area contributed by atoms with Gasteiger partial charge in [0.05, 0.1) is 22.9 Å². The van der Waals surface area contributed by atoms with Crippen LogP contribution in [0.25, 0.3) is 87.7 Å². The summed E-state index contributed by atoms with van der Waals surface area (Å²) < 4.78 is 6.60. The monoisotopic (exact) mass is 550 g/mol. The van der Waals surface area contributed by atoms with E-state index in [1.807, 2.05) is 18.3 Å². The summed E-state index contributed by atoms with van der Waals surface area (Å²) in [7, 11) is 0. The molecule has 0 saturated carbocycles. The van der Waals surface area contributed by atoms with Gasteiger partial charge in [-0.25, -0.2) is 4.98 Å². The lowest BCUT2D eigenvalue weighted by Crippen LogP contribution is -1.94. The topological polar surface area (TPSA) is 38.9 Å². The van der Waals surface area contributed by atoms with Crippen molar-refractivity contribution in [3.63, 3.8) is 0 Å². The average molecular weight is 551 g/mol. The second-order valence-corrected chi connectivity index (χ2v) is 11.5. The fourth-order valence-corrected chi connectivity index (χ4v) is 6.79. The van der Waals surface area contributed by atoms with E-state index in [0.29, 0.717) is 0 Å². The molecule has 0 N–H and O–H groups in total. The minimum Gasteiger partial charge on any atom is -0.455 e. The Bertz CT molecular complexity index is 2590. The largest absolute Gasteiger partial charge is 0.455 e. The molecule has 9 rings (SSSR count). The summed E-state index contributed by atoms with van der Waals surface area (Å²) in [5.41, 5.74) is 10.1. The van der Waals surface area contributed by atoms with Crippen molar-refractivity contribution < 1.29 is 4.42 Å². The van der Waals surface area contributed by atoms with Crippen LogP contribution >= 0.6 is 0 Å². The van der Waals surface area contributed by atoms with E-state index in [2.05, 4.69) is 117 Å². The van der Waals surface area contributed by atoms with Crippen molar-refractivity contribution in [1.29, 1.82) is 0 Å². The van der Waals surface area contributed by atoms with Gasteiger partial charge in [0.25, 0.3) is 0 Å². The van der Waals surface area contributed by atoms with E-state index in [0.717, 1.165) is 66.1 Å². The molecule has 0 atom stereocenters. The maximum absolute atomic E-state index is 6.60. The number of benzene rings is 7. The third-order valence-electron chi connectivity index (χ3n) is 8.79. The quantitative estimate of drug-likeness (QED) is 0.201. The van der Waals surface area contributed by atoms with Crippen molar-refractivity contribution in [3.05, 3.63) is 133 Å². The Morgan fingerprint density at radius 3 is 1.95 bits per heavy atom. The zero-order valence-corrected chi connectivity index (χ0v) is 23.8. The van der Waals surface area contributed by atoms with Gasteiger partial charge in [0, 0.05) is 32.7 Å². The maximum Gasteiger partial charge on any atom is 0.143 e. The number of aromatic nitrogens is 2. The number of nitrogens with zero attached hydrogens (tertiary/aromatic N) is 2. The van der Waals surface area contributed by atoms with Crippen LogP contribution in [0.15, 0.2) is 126 Å². The highest BCUT2D eigenvalue weighted by Crippen LogP contribution is 2.43. The molecule has 0 aliphatic carbocycles. The zero-order valence-electron chi connectivity index (χ0n) is 23.8. The summed E-state index contributed by atoms with van der Waals surface area (Å²) >= 11 is 0. The van der Waals surface area contributed by atoms with Gasteiger partial charge in [-0.05, 0) is 53.1 Å². The zero-order chi connectivity index (χ0) is 28.7. The van der Waals surface area contributed by atoms with Gasteiger partial charge in [-0.3, -0.25) is 4.98 Å². The minimum absolute atomic E-state index is 0.842. The van der Waals surface area contributed by atoms with Crippen molar-refractivity contribution in [2.24, 2.45) is 0 Å². The van der Waals surface area contributed by atoms with Crippen molar-refractivity contribution in [1.82, 2.24) is 9.97 Å². The summed E-state index contributed by atoms with van der Waals surface area (Å²) in [6.07, 6.45) is 1.93. The normalized spacial score (nSPS) is 12.0. The Hall–Kier alpha value is -5.54. The summed E-state index contributed by atoms with van der Waals surface area (Å²) in [5.74, 6) is 0. The second kappa shape index (κ2) is 8.98. The fraction of sp³-hybridized carbons (Fsp3) is 0.0500. The Balaban J connectivity index is 1.36. The smallest absolute Gasteiger partial charge is 0.143 e. The molecule has 3 nitrogen and oxygen atoms in total. The lowest BCUT2D eigenvalue weighted by atomic mass is 9.92. The van der Waals surface area contributed by atoms with Crippen molar-refractivity contribution in [2.75, 3.05) is 0 Å². The van der Waals surface area contributed by atoms with Gasteiger partial charge in [-0.2, -0.15) is 0 Å². The first kappa shape index (κ1) is 24.1. The molecule has 0 spiro atoms. The number of hydrogen-bond acceptors (Lipinski definition) is 3. The van der Waals surface area contributed by atoms with Crippen LogP contribution in [0.5, 0.6) is 0 Å². The summed E-state index contributed by atoms with van der Waals surface area (Å²) in [4.78, 5) is 10.4. The van der Waals surface area contributed by atoms with Gasteiger partial charge in [0.2, 0.25) is 0 Å². The lowest BCUT2D eigenvalue weighted by molar-refractivity contribution is 0.670. The molecule has 9 aromatic rings. The highest BCUT2D eigenvalue weighted by Gasteiger charge is 2.20. The van der Waals surface area contributed by atoms with Gasteiger partial charge in [-0.1, -0.05) is 114 Å². The predicted octanol–water partition coefficient (Wildman–Crippen LogP) is 10.9. The SMILES string of the molecule is Cc1ccc2c(c1)c1cc(C)ccc1c1nc(-c3ccccc3-c3cc4ccccc4c4c3oc3ccccc34)cnc21.